The van der Waals surface area contributed by atoms with Crippen molar-refractivity contribution in [2.45, 2.75) is 58.4 Å². The third kappa shape index (κ3) is 6.21. The lowest BCUT2D eigenvalue weighted by Gasteiger charge is -2.21. The second-order valence-corrected chi connectivity index (χ2v) is 6.94. The zero-order valence-corrected chi connectivity index (χ0v) is 15.6. The van der Waals surface area contributed by atoms with E-state index in [2.05, 4.69) is 20.9 Å². The molecule has 2 aliphatic rings. The number of amides is 2. The van der Waals surface area contributed by atoms with E-state index >= 15 is 0 Å². The van der Waals surface area contributed by atoms with E-state index < -0.39 is 0 Å². The third-order valence-electron chi connectivity index (χ3n) is 4.84. The van der Waals surface area contributed by atoms with Crippen LogP contribution in [0.25, 0.3) is 0 Å². The minimum atomic E-state index is -0.0662. The maximum Gasteiger partial charge on any atom is 0.241 e. The van der Waals surface area contributed by atoms with E-state index in [0.717, 1.165) is 45.3 Å². The first kappa shape index (κ1) is 19.5. The van der Waals surface area contributed by atoms with Crippen LogP contribution >= 0.6 is 0 Å². The molecule has 1 heterocycles. The van der Waals surface area contributed by atoms with Crippen molar-refractivity contribution in [2.75, 3.05) is 32.7 Å². The number of nitrogens with one attached hydrogen (secondary N) is 3. The molecule has 2 rings (SSSR count). The zero-order chi connectivity index (χ0) is 18.1. The van der Waals surface area contributed by atoms with Crippen LogP contribution in [0, 0.1) is 5.92 Å². The standard InChI is InChI=1S/C18H33N5O2/c1-3-10-20-16(24)12-21-18(19-4-2)22-15-9-11-23(13-15)17(25)14-7-5-6-8-14/h14-15H,3-13H2,1-2H3,(H,20,24)(H2,19,21,22). The number of guanidine groups is 1. The molecule has 1 unspecified atom stereocenters. The van der Waals surface area contributed by atoms with E-state index in [-0.39, 0.29) is 24.4 Å². The van der Waals surface area contributed by atoms with E-state index in [1.54, 1.807) is 0 Å². The molecule has 25 heavy (non-hydrogen) atoms. The Kier molecular flexibility index (Phi) is 8.01. The lowest BCUT2D eigenvalue weighted by Crippen LogP contribution is -2.46. The topological polar surface area (TPSA) is 85.8 Å². The summed E-state index contributed by atoms with van der Waals surface area (Å²) in [6.07, 6.45) is 6.30. The van der Waals surface area contributed by atoms with Crippen LogP contribution in [0.5, 0.6) is 0 Å². The molecule has 0 bridgehead atoms. The third-order valence-corrected chi connectivity index (χ3v) is 4.84. The van der Waals surface area contributed by atoms with Gasteiger partial charge in [0, 0.05) is 38.1 Å². The Morgan fingerprint density at radius 2 is 1.88 bits per heavy atom. The van der Waals surface area contributed by atoms with Crippen molar-refractivity contribution in [3.05, 3.63) is 0 Å². The first-order valence-electron chi connectivity index (χ1n) is 9.74. The van der Waals surface area contributed by atoms with Crippen LogP contribution in [0.1, 0.15) is 52.4 Å². The van der Waals surface area contributed by atoms with Gasteiger partial charge in [0.2, 0.25) is 11.8 Å². The highest BCUT2D eigenvalue weighted by molar-refractivity contribution is 5.85. The summed E-state index contributed by atoms with van der Waals surface area (Å²) in [4.78, 5) is 30.6. The molecule has 3 N–H and O–H groups in total. The SMILES string of the molecule is CCCNC(=O)CN=C(NCC)NC1CCN(C(=O)C2CCCC2)C1. The molecule has 1 saturated carbocycles. The van der Waals surface area contributed by atoms with Crippen LogP contribution in [0.2, 0.25) is 0 Å². The van der Waals surface area contributed by atoms with Crippen LogP contribution < -0.4 is 16.0 Å². The number of rotatable bonds is 7. The number of carbonyl (C=O) groups is 2. The van der Waals surface area contributed by atoms with Crippen molar-refractivity contribution < 1.29 is 9.59 Å². The molecule has 2 amide bonds. The van der Waals surface area contributed by atoms with Gasteiger partial charge in [-0.3, -0.25) is 9.59 Å². The molecule has 2 fully saturated rings. The Balaban J connectivity index is 1.81. The lowest BCUT2D eigenvalue weighted by atomic mass is 10.1. The van der Waals surface area contributed by atoms with Crippen molar-refractivity contribution >= 4 is 17.8 Å². The predicted octanol–water partition coefficient (Wildman–Crippen LogP) is 0.859. The monoisotopic (exact) mass is 351 g/mol. The smallest absolute Gasteiger partial charge is 0.241 e. The van der Waals surface area contributed by atoms with Crippen molar-refractivity contribution in [1.29, 1.82) is 0 Å². The highest BCUT2D eigenvalue weighted by Crippen LogP contribution is 2.27. The van der Waals surface area contributed by atoms with Gasteiger partial charge in [0.25, 0.3) is 0 Å². The van der Waals surface area contributed by atoms with Gasteiger partial charge in [-0.25, -0.2) is 4.99 Å². The van der Waals surface area contributed by atoms with E-state index in [9.17, 15) is 9.59 Å². The summed E-state index contributed by atoms with van der Waals surface area (Å²) in [5.74, 6) is 1.14. The second kappa shape index (κ2) is 10.3. The van der Waals surface area contributed by atoms with E-state index in [1.165, 1.54) is 12.8 Å². The molecule has 7 nitrogen and oxygen atoms in total. The van der Waals surface area contributed by atoms with Crippen molar-refractivity contribution in [1.82, 2.24) is 20.9 Å². The Morgan fingerprint density at radius 3 is 2.56 bits per heavy atom. The number of hydrogen-bond donors (Lipinski definition) is 3. The van der Waals surface area contributed by atoms with Gasteiger partial charge >= 0.3 is 0 Å². The lowest BCUT2D eigenvalue weighted by molar-refractivity contribution is -0.134. The summed E-state index contributed by atoms with van der Waals surface area (Å²) < 4.78 is 0. The Hall–Kier alpha value is -1.79. The molecule has 1 aliphatic carbocycles. The van der Waals surface area contributed by atoms with Crippen LogP contribution in [0.4, 0.5) is 0 Å². The molecular weight excluding hydrogens is 318 g/mol. The van der Waals surface area contributed by atoms with Crippen molar-refractivity contribution in [3.8, 4) is 0 Å². The van der Waals surface area contributed by atoms with Gasteiger partial charge in [-0.2, -0.15) is 0 Å². The molecule has 142 valence electrons. The highest BCUT2D eigenvalue weighted by atomic mass is 16.2. The summed E-state index contributed by atoms with van der Waals surface area (Å²) in [5, 5.41) is 9.37. The van der Waals surface area contributed by atoms with Crippen LogP contribution in [-0.2, 0) is 9.59 Å². The van der Waals surface area contributed by atoms with Gasteiger partial charge < -0.3 is 20.9 Å². The van der Waals surface area contributed by atoms with Gasteiger partial charge in [0.15, 0.2) is 5.96 Å². The fraction of sp³-hybridized carbons (Fsp3) is 0.833. The molecule has 0 radical (unpaired) electrons. The Bertz CT molecular complexity index is 474. The number of likely N-dealkylation sites (tertiary alicyclic amines) is 1. The molecule has 0 aromatic rings. The normalized spacial score (nSPS) is 21.4. The van der Waals surface area contributed by atoms with Gasteiger partial charge in [-0.05, 0) is 32.6 Å². The molecule has 1 atom stereocenters. The molecule has 1 saturated heterocycles. The summed E-state index contributed by atoms with van der Waals surface area (Å²) in [6, 6.07) is 0.196. The average molecular weight is 351 g/mol. The minimum absolute atomic E-state index is 0.0662. The second-order valence-electron chi connectivity index (χ2n) is 6.94. The van der Waals surface area contributed by atoms with Crippen molar-refractivity contribution in [3.63, 3.8) is 0 Å². The number of carbonyl (C=O) groups excluding carboxylic acids is 2. The molecular formula is C18H33N5O2. The quantitative estimate of drug-likeness (QED) is 0.469. The number of nitrogens with zero attached hydrogens (tertiary/aromatic N) is 2. The Morgan fingerprint density at radius 1 is 1.12 bits per heavy atom. The van der Waals surface area contributed by atoms with E-state index in [1.807, 2.05) is 18.7 Å². The van der Waals surface area contributed by atoms with E-state index in [4.69, 9.17) is 0 Å². The fourth-order valence-electron chi connectivity index (χ4n) is 3.49. The summed E-state index contributed by atoms with van der Waals surface area (Å²) in [5.41, 5.74) is 0. The number of hydrogen-bond acceptors (Lipinski definition) is 3. The molecule has 0 spiro atoms. The highest BCUT2D eigenvalue weighted by Gasteiger charge is 2.32. The largest absolute Gasteiger partial charge is 0.357 e. The minimum Gasteiger partial charge on any atom is -0.357 e. The molecule has 1 aliphatic heterocycles. The van der Waals surface area contributed by atoms with Gasteiger partial charge in [-0.15, -0.1) is 0 Å². The summed E-state index contributed by atoms with van der Waals surface area (Å²) in [7, 11) is 0. The molecule has 0 aromatic heterocycles. The maximum absolute atomic E-state index is 12.5. The maximum atomic E-state index is 12.5. The molecule has 7 heteroatoms. The zero-order valence-electron chi connectivity index (χ0n) is 15.6. The van der Waals surface area contributed by atoms with Crippen LogP contribution in [-0.4, -0.2) is 61.4 Å². The summed E-state index contributed by atoms with van der Waals surface area (Å²) in [6.45, 7) is 7.09. The van der Waals surface area contributed by atoms with Crippen LogP contribution in [0.15, 0.2) is 4.99 Å². The first-order valence-corrected chi connectivity index (χ1v) is 9.74. The predicted molar refractivity (Wildman–Crippen MR) is 99.4 cm³/mol. The van der Waals surface area contributed by atoms with Gasteiger partial charge in [-0.1, -0.05) is 19.8 Å². The average Bonchev–Trinajstić information content (AvgIpc) is 3.29. The van der Waals surface area contributed by atoms with Gasteiger partial charge in [0.1, 0.15) is 6.54 Å². The number of aliphatic imine (C=N–C) groups is 1. The summed E-state index contributed by atoms with van der Waals surface area (Å²) >= 11 is 0. The van der Waals surface area contributed by atoms with Crippen LogP contribution in [0.3, 0.4) is 0 Å². The van der Waals surface area contributed by atoms with E-state index in [0.29, 0.717) is 18.4 Å². The molecule has 0 aromatic carbocycles. The Labute approximate surface area is 151 Å². The fourth-order valence-corrected chi connectivity index (χ4v) is 3.49. The first-order chi connectivity index (χ1) is 12.1. The van der Waals surface area contributed by atoms with Crippen molar-refractivity contribution in [2.24, 2.45) is 10.9 Å². The van der Waals surface area contributed by atoms with Gasteiger partial charge in [0.05, 0.1) is 0 Å².